The summed E-state index contributed by atoms with van der Waals surface area (Å²) >= 11 is 1.82. The summed E-state index contributed by atoms with van der Waals surface area (Å²) in [6.45, 7) is 0. The maximum absolute atomic E-state index is 5.26. The first-order valence-corrected chi connectivity index (χ1v) is 19.1. The summed E-state index contributed by atoms with van der Waals surface area (Å²) in [6, 6.07) is 67.4. The van der Waals surface area contributed by atoms with Gasteiger partial charge in [-0.3, -0.25) is 0 Å². The van der Waals surface area contributed by atoms with Gasteiger partial charge in [0, 0.05) is 43.5 Å². The number of nitrogens with zero attached hydrogens (tertiary/aromatic N) is 4. The Labute approximate surface area is 323 Å². The normalized spacial score (nSPS) is 11.3. The van der Waals surface area contributed by atoms with Crippen LogP contribution in [-0.2, 0) is 0 Å². The highest BCUT2D eigenvalue weighted by Crippen LogP contribution is 2.50. The molecule has 10 aromatic rings. The third-order valence-corrected chi connectivity index (χ3v) is 11.2. The highest BCUT2D eigenvalue weighted by Gasteiger charge is 2.22. The smallest absolute Gasteiger partial charge is 0.164 e. The molecule has 0 spiro atoms. The van der Waals surface area contributed by atoms with Crippen LogP contribution in [0.3, 0.4) is 0 Å². The molecule has 0 aliphatic carbocycles. The zero-order chi connectivity index (χ0) is 36.6. The molecule has 0 unspecified atom stereocenters. The number of fused-ring (bicyclic) bond motifs is 3. The van der Waals surface area contributed by atoms with Crippen LogP contribution in [0.1, 0.15) is 0 Å². The lowest BCUT2D eigenvalue weighted by Crippen LogP contribution is -2.00. The Balaban J connectivity index is 1.15. The highest BCUT2D eigenvalue weighted by atomic mass is 32.1. The Morgan fingerprint density at radius 3 is 1.36 bits per heavy atom. The van der Waals surface area contributed by atoms with E-state index in [9.17, 15) is 0 Å². The number of para-hydroxylation sites is 1. The van der Waals surface area contributed by atoms with E-state index in [2.05, 4.69) is 133 Å². The van der Waals surface area contributed by atoms with E-state index in [0.29, 0.717) is 17.5 Å². The number of hydrogen-bond acceptors (Lipinski definition) is 5. The van der Waals surface area contributed by atoms with Gasteiger partial charge >= 0.3 is 0 Å². The van der Waals surface area contributed by atoms with E-state index in [1.165, 1.54) is 26.1 Å². The van der Waals surface area contributed by atoms with Crippen molar-refractivity contribution in [3.8, 4) is 78.1 Å². The second-order valence-corrected chi connectivity index (χ2v) is 14.4. The molecule has 0 saturated heterocycles. The SMILES string of the molecule is c1ccc(-c2nc(-c3ccccc3)nc(-c3cccc(-c4cccc(-c5c(-c6ccccc6)sc6c(-c7ccccc7)nc7ccccc7c56)c4)c3)n2)cc1. The maximum Gasteiger partial charge on any atom is 0.164 e. The number of benzene rings is 7. The molecular weight excluding hydrogens is 689 g/mol. The number of pyridine rings is 1. The van der Waals surface area contributed by atoms with Gasteiger partial charge in [0.15, 0.2) is 17.5 Å². The Kier molecular flexibility index (Phi) is 8.32. The average molecular weight is 721 g/mol. The van der Waals surface area contributed by atoms with Crippen LogP contribution in [0.15, 0.2) is 194 Å². The lowest BCUT2D eigenvalue weighted by atomic mass is 9.93. The van der Waals surface area contributed by atoms with Gasteiger partial charge in [-0.2, -0.15) is 0 Å². The molecule has 0 amide bonds. The van der Waals surface area contributed by atoms with Crippen molar-refractivity contribution < 1.29 is 0 Å². The Morgan fingerprint density at radius 2 is 0.764 bits per heavy atom. The van der Waals surface area contributed by atoms with Gasteiger partial charge in [0.1, 0.15) is 0 Å². The lowest BCUT2D eigenvalue weighted by molar-refractivity contribution is 1.07. The van der Waals surface area contributed by atoms with Crippen LogP contribution in [0, 0.1) is 0 Å². The van der Waals surface area contributed by atoms with Crippen molar-refractivity contribution in [2.75, 3.05) is 0 Å². The van der Waals surface area contributed by atoms with Gasteiger partial charge < -0.3 is 0 Å². The van der Waals surface area contributed by atoms with Gasteiger partial charge in [0.05, 0.1) is 15.9 Å². The fourth-order valence-corrected chi connectivity index (χ4v) is 8.65. The van der Waals surface area contributed by atoms with Crippen molar-refractivity contribution in [3.05, 3.63) is 194 Å². The topological polar surface area (TPSA) is 51.6 Å². The van der Waals surface area contributed by atoms with Crippen molar-refractivity contribution >= 4 is 32.3 Å². The first-order chi connectivity index (χ1) is 27.3. The molecule has 3 heterocycles. The summed E-state index contributed by atoms with van der Waals surface area (Å²) in [4.78, 5) is 21.4. The second-order valence-electron chi connectivity index (χ2n) is 13.4. The molecule has 3 aromatic heterocycles. The van der Waals surface area contributed by atoms with E-state index < -0.39 is 0 Å². The predicted molar refractivity (Wildman–Crippen MR) is 229 cm³/mol. The molecule has 258 valence electrons. The van der Waals surface area contributed by atoms with Gasteiger partial charge in [-0.05, 0) is 40.5 Å². The molecule has 0 bridgehead atoms. The molecule has 0 aliphatic heterocycles. The minimum absolute atomic E-state index is 0.633. The Bertz CT molecular complexity index is 2900. The van der Waals surface area contributed by atoms with Crippen LogP contribution < -0.4 is 0 Å². The summed E-state index contributed by atoms with van der Waals surface area (Å²) < 4.78 is 1.18. The summed E-state index contributed by atoms with van der Waals surface area (Å²) in [5.74, 6) is 1.92. The fraction of sp³-hybridized carbons (Fsp3) is 0. The number of hydrogen-bond donors (Lipinski definition) is 0. The minimum atomic E-state index is 0.633. The molecular formula is C50H32N4S. The van der Waals surface area contributed by atoms with E-state index >= 15 is 0 Å². The maximum atomic E-state index is 5.26. The van der Waals surface area contributed by atoms with E-state index in [1.807, 2.05) is 72.0 Å². The molecule has 0 atom stereocenters. The zero-order valence-electron chi connectivity index (χ0n) is 29.7. The van der Waals surface area contributed by atoms with E-state index in [-0.39, 0.29) is 0 Å². The lowest BCUT2D eigenvalue weighted by Gasteiger charge is -2.12. The van der Waals surface area contributed by atoms with E-state index in [4.69, 9.17) is 19.9 Å². The predicted octanol–water partition coefficient (Wildman–Crippen LogP) is 13.3. The number of thiophene rings is 1. The van der Waals surface area contributed by atoms with Gasteiger partial charge in [0.25, 0.3) is 0 Å². The Hall–Kier alpha value is -7.08. The van der Waals surface area contributed by atoms with Gasteiger partial charge in [0.2, 0.25) is 0 Å². The van der Waals surface area contributed by atoms with Crippen LogP contribution >= 0.6 is 11.3 Å². The van der Waals surface area contributed by atoms with Gasteiger partial charge in [-0.1, -0.05) is 176 Å². The summed E-state index contributed by atoms with van der Waals surface area (Å²) in [5.41, 5.74) is 11.7. The molecule has 0 saturated carbocycles. The number of rotatable bonds is 7. The standard InChI is InChI=1S/C50H32N4S/c1-5-17-33(18-6-1)45-47-44(41-29-13-14-30-42(41)51-45)43(46(55-47)34-19-7-2-8-20-34)39-27-15-25-37(31-39)38-26-16-28-40(32-38)50-53-48(35-21-9-3-10-22-35)52-49(54-50)36-23-11-4-12-24-36/h1-32H. The van der Waals surface area contributed by atoms with Crippen molar-refractivity contribution in [1.29, 1.82) is 0 Å². The van der Waals surface area contributed by atoms with Gasteiger partial charge in [-0.25, -0.2) is 19.9 Å². The molecule has 0 N–H and O–H groups in total. The third kappa shape index (κ3) is 6.17. The number of aromatic nitrogens is 4. The largest absolute Gasteiger partial charge is 0.246 e. The molecule has 0 fully saturated rings. The molecule has 0 aliphatic rings. The first-order valence-electron chi connectivity index (χ1n) is 18.3. The summed E-state index contributed by atoms with van der Waals surface area (Å²) in [6.07, 6.45) is 0. The van der Waals surface area contributed by atoms with Crippen LogP contribution in [-0.4, -0.2) is 19.9 Å². The van der Waals surface area contributed by atoms with Crippen LogP contribution in [0.25, 0.3) is 99.1 Å². The second kappa shape index (κ2) is 14.0. The Morgan fingerprint density at radius 1 is 0.327 bits per heavy atom. The van der Waals surface area contributed by atoms with Gasteiger partial charge in [-0.15, -0.1) is 11.3 Å². The van der Waals surface area contributed by atoms with E-state index in [0.717, 1.165) is 55.5 Å². The average Bonchev–Trinajstić information content (AvgIpc) is 3.69. The monoisotopic (exact) mass is 720 g/mol. The molecule has 7 aromatic carbocycles. The fourth-order valence-electron chi connectivity index (χ4n) is 7.30. The van der Waals surface area contributed by atoms with Crippen LogP contribution in [0.4, 0.5) is 0 Å². The van der Waals surface area contributed by atoms with Crippen molar-refractivity contribution in [3.63, 3.8) is 0 Å². The first kappa shape index (κ1) is 32.6. The minimum Gasteiger partial charge on any atom is -0.246 e. The molecule has 5 heteroatoms. The summed E-state index contributed by atoms with van der Waals surface area (Å²) in [5, 5.41) is 2.38. The molecule has 10 rings (SSSR count). The van der Waals surface area contributed by atoms with Crippen LogP contribution in [0.5, 0.6) is 0 Å². The van der Waals surface area contributed by atoms with Crippen molar-refractivity contribution in [2.24, 2.45) is 0 Å². The molecule has 4 nitrogen and oxygen atoms in total. The third-order valence-electron chi connectivity index (χ3n) is 9.92. The summed E-state index contributed by atoms with van der Waals surface area (Å²) in [7, 11) is 0. The highest BCUT2D eigenvalue weighted by molar-refractivity contribution is 7.23. The molecule has 0 radical (unpaired) electrons. The quantitative estimate of drug-likeness (QED) is 0.164. The van der Waals surface area contributed by atoms with Crippen molar-refractivity contribution in [2.45, 2.75) is 0 Å². The van der Waals surface area contributed by atoms with Crippen molar-refractivity contribution in [1.82, 2.24) is 19.9 Å². The zero-order valence-corrected chi connectivity index (χ0v) is 30.5. The molecule has 55 heavy (non-hydrogen) atoms. The van der Waals surface area contributed by atoms with E-state index in [1.54, 1.807) is 0 Å². The van der Waals surface area contributed by atoms with Crippen LogP contribution in [0.2, 0.25) is 0 Å².